The highest BCUT2D eigenvalue weighted by Crippen LogP contribution is 2.23. The van der Waals surface area contributed by atoms with Gasteiger partial charge in [-0.3, -0.25) is 0 Å². The molecule has 1 aliphatic heterocycles. The Hall–Kier alpha value is -1.65. The third-order valence-electron chi connectivity index (χ3n) is 2.72. The minimum absolute atomic E-state index is 0.472. The molecule has 0 spiro atoms. The molecule has 3 rings (SSSR count). The number of aromatic amines is 2. The van der Waals surface area contributed by atoms with Crippen molar-refractivity contribution < 1.29 is 0 Å². The molecule has 1 aliphatic rings. The van der Waals surface area contributed by atoms with E-state index >= 15 is 0 Å². The number of nitrogens with zero attached hydrogens (tertiary/aromatic N) is 2. The van der Waals surface area contributed by atoms with Crippen LogP contribution in [0, 0.1) is 0 Å². The lowest BCUT2D eigenvalue weighted by molar-refractivity contribution is 0.947. The predicted molar refractivity (Wildman–Crippen MR) is 56.3 cm³/mol. The SMILES string of the molecule is Nc1nc2[nH]c(N3CCCC3)cc2[nH]1. The van der Waals surface area contributed by atoms with Gasteiger partial charge in [-0.1, -0.05) is 0 Å². The first-order valence-corrected chi connectivity index (χ1v) is 4.92. The van der Waals surface area contributed by atoms with E-state index in [4.69, 9.17) is 5.73 Å². The maximum Gasteiger partial charge on any atom is 0.199 e. The van der Waals surface area contributed by atoms with Crippen LogP contribution in [0.15, 0.2) is 6.07 Å². The quantitative estimate of drug-likeness (QED) is 0.631. The summed E-state index contributed by atoms with van der Waals surface area (Å²) in [6.07, 6.45) is 2.56. The highest BCUT2D eigenvalue weighted by molar-refractivity contribution is 5.79. The first-order chi connectivity index (χ1) is 6.83. The number of hydrogen-bond donors (Lipinski definition) is 3. The third-order valence-corrected chi connectivity index (χ3v) is 2.72. The summed E-state index contributed by atoms with van der Waals surface area (Å²) in [7, 11) is 0. The highest BCUT2D eigenvalue weighted by atomic mass is 15.2. The Bertz CT molecular complexity index is 417. The molecule has 5 nitrogen and oxygen atoms in total. The van der Waals surface area contributed by atoms with E-state index in [1.54, 1.807) is 0 Å². The second kappa shape index (κ2) is 2.67. The van der Waals surface area contributed by atoms with Gasteiger partial charge in [0.05, 0.1) is 5.52 Å². The van der Waals surface area contributed by atoms with Crippen LogP contribution in [0.1, 0.15) is 12.8 Å². The fraction of sp³-hybridized carbons (Fsp3) is 0.444. The molecular weight excluding hydrogens is 178 g/mol. The standard InChI is InChI=1S/C9H13N5/c10-9-11-6-5-7(12-8(6)13-9)14-3-1-2-4-14/h5,12H,1-4H2,(H3,10,11,13). The smallest absolute Gasteiger partial charge is 0.199 e. The minimum Gasteiger partial charge on any atom is -0.369 e. The van der Waals surface area contributed by atoms with Crippen molar-refractivity contribution in [3.05, 3.63) is 6.07 Å². The van der Waals surface area contributed by atoms with Gasteiger partial charge in [-0.25, -0.2) is 0 Å². The van der Waals surface area contributed by atoms with Crippen LogP contribution >= 0.6 is 0 Å². The molecular formula is C9H13N5. The van der Waals surface area contributed by atoms with Gasteiger partial charge in [-0.05, 0) is 12.8 Å². The van der Waals surface area contributed by atoms with Gasteiger partial charge in [0.2, 0.25) is 0 Å². The van der Waals surface area contributed by atoms with Crippen LogP contribution in [0.2, 0.25) is 0 Å². The molecule has 4 N–H and O–H groups in total. The number of nitrogen functional groups attached to an aromatic ring is 1. The zero-order valence-electron chi connectivity index (χ0n) is 7.88. The molecule has 0 aromatic carbocycles. The van der Waals surface area contributed by atoms with Crippen molar-refractivity contribution >= 4 is 22.9 Å². The lowest BCUT2D eigenvalue weighted by Gasteiger charge is -2.13. The van der Waals surface area contributed by atoms with Crippen molar-refractivity contribution in [3.63, 3.8) is 0 Å². The fourth-order valence-electron chi connectivity index (χ4n) is 2.03. The van der Waals surface area contributed by atoms with Crippen molar-refractivity contribution in [1.29, 1.82) is 0 Å². The molecule has 3 heterocycles. The Labute approximate surface area is 81.3 Å². The number of H-pyrrole nitrogens is 2. The molecule has 0 bridgehead atoms. The van der Waals surface area contributed by atoms with Crippen molar-refractivity contribution in [3.8, 4) is 0 Å². The van der Waals surface area contributed by atoms with E-state index in [-0.39, 0.29) is 0 Å². The molecule has 2 aromatic rings. The van der Waals surface area contributed by atoms with Gasteiger partial charge in [0.15, 0.2) is 11.6 Å². The van der Waals surface area contributed by atoms with E-state index in [1.165, 1.54) is 12.8 Å². The number of anilines is 2. The summed E-state index contributed by atoms with van der Waals surface area (Å²) in [5.41, 5.74) is 7.38. The van der Waals surface area contributed by atoms with Gasteiger partial charge < -0.3 is 20.6 Å². The first-order valence-electron chi connectivity index (χ1n) is 4.92. The van der Waals surface area contributed by atoms with Crippen LogP contribution in [-0.2, 0) is 0 Å². The van der Waals surface area contributed by atoms with E-state index in [9.17, 15) is 0 Å². The monoisotopic (exact) mass is 191 g/mol. The third kappa shape index (κ3) is 1.05. The molecule has 2 aromatic heterocycles. The van der Waals surface area contributed by atoms with Gasteiger partial charge in [-0.15, -0.1) is 0 Å². The molecule has 74 valence electrons. The number of imidazole rings is 1. The Morgan fingerprint density at radius 2 is 2.07 bits per heavy atom. The second-order valence-corrected chi connectivity index (χ2v) is 3.73. The number of hydrogen-bond acceptors (Lipinski definition) is 3. The summed E-state index contributed by atoms with van der Waals surface area (Å²) < 4.78 is 0. The average Bonchev–Trinajstić information content (AvgIpc) is 2.74. The van der Waals surface area contributed by atoms with Gasteiger partial charge in [-0.2, -0.15) is 4.98 Å². The number of rotatable bonds is 1. The lowest BCUT2D eigenvalue weighted by atomic mass is 10.4. The van der Waals surface area contributed by atoms with Gasteiger partial charge in [0.1, 0.15) is 5.82 Å². The van der Waals surface area contributed by atoms with E-state index < -0.39 is 0 Å². The topological polar surface area (TPSA) is 73.7 Å². The largest absolute Gasteiger partial charge is 0.369 e. The van der Waals surface area contributed by atoms with Crippen molar-refractivity contribution in [2.75, 3.05) is 23.7 Å². The average molecular weight is 191 g/mol. The van der Waals surface area contributed by atoms with Crippen molar-refractivity contribution in [2.45, 2.75) is 12.8 Å². The summed E-state index contributed by atoms with van der Waals surface area (Å²) in [6, 6.07) is 2.07. The van der Waals surface area contributed by atoms with E-state index in [2.05, 4.69) is 25.9 Å². The molecule has 1 fully saturated rings. The Kier molecular flexibility index (Phi) is 1.47. The lowest BCUT2D eigenvalue weighted by Crippen LogP contribution is -2.17. The van der Waals surface area contributed by atoms with Gasteiger partial charge in [0.25, 0.3) is 0 Å². The van der Waals surface area contributed by atoms with Gasteiger partial charge in [0, 0.05) is 19.2 Å². The Balaban J connectivity index is 2.01. The maximum absolute atomic E-state index is 5.54. The highest BCUT2D eigenvalue weighted by Gasteiger charge is 2.15. The zero-order chi connectivity index (χ0) is 9.54. The number of aromatic nitrogens is 3. The van der Waals surface area contributed by atoms with Crippen LogP contribution in [0.25, 0.3) is 11.2 Å². The maximum atomic E-state index is 5.54. The molecule has 1 saturated heterocycles. The summed E-state index contributed by atoms with van der Waals surface area (Å²) in [6.45, 7) is 2.27. The Morgan fingerprint density at radius 1 is 1.29 bits per heavy atom. The van der Waals surface area contributed by atoms with E-state index in [1.807, 2.05) is 0 Å². The normalized spacial score (nSPS) is 17.0. The number of nitrogens with two attached hydrogens (primary N) is 1. The number of nitrogens with one attached hydrogen (secondary N) is 2. The molecule has 0 saturated carbocycles. The molecule has 0 amide bonds. The minimum atomic E-state index is 0.472. The van der Waals surface area contributed by atoms with Crippen LogP contribution in [0.5, 0.6) is 0 Å². The van der Waals surface area contributed by atoms with Crippen LogP contribution in [0.4, 0.5) is 11.8 Å². The predicted octanol–water partition coefficient (Wildman–Crippen LogP) is 1.07. The fourth-order valence-corrected chi connectivity index (χ4v) is 2.03. The number of fused-ring (bicyclic) bond motifs is 1. The first kappa shape index (κ1) is 7.73. The summed E-state index contributed by atoms with van der Waals surface area (Å²) in [4.78, 5) is 12.8. The van der Waals surface area contributed by atoms with Crippen molar-refractivity contribution in [2.24, 2.45) is 0 Å². The molecule has 14 heavy (non-hydrogen) atoms. The van der Waals surface area contributed by atoms with Crippen molar-refractivity contribution in [1.82, 2.24) is 15.0 Å². The molecule has 5 heteroatoms. The molecule has 0 radical (unpaired) electrons. The Morgan fingerprint density at radius 3 is 2.79 bits per heavy atom. The zero-order valence-corrected chi connectivity index (χ0v) is 7.88. The van der Waals surface area contributed by atoms with Crippen LogP contribution < -0.4 is 10.6 Å². The van der Waals surface area contributed by atoms with Gasteiger partial charge >= 0.3 is 0 Å². The second-order valence-electron chi connectivity index (χ2n) is 3.73. The van der Waals surface area contributed by atoms with Crippen LogP contribution in [0.3, 0.4) is 0 Å². The van der Waals surface area contributed by atoms with E-state index in [0.717, 1.165) is 30.1 Å². The summed E-state index contributed by atoms with van der Waals surface area (Å²) >= 11 is 0. The van der Waals surface area contributed by atoms with Crippen LogP contribution in [-0.4, -0.2) is 28.0 Å². The van der Waals surface area contributed by atoms with E-state index in [0.29, 0.717) is 5.95 Å². The summed E-state index contributed by atoms with van der Waals surface area (Å²) in [5.74, 6) is 1.62. The molecule has 0 unspecified atom stereocenters. The molecule has 0 atom stereocenters. The summed E-state index contributed by atoms with van der Waals surface area (Å²) in [5, 5.41) is 0. The molecule has 0 aliphatic carbocycles.